The second kappa shape index (κ2) is 13.6. The van der Waals surface area contributed by atoms with Gasteiger partial charge in [0.05, 0.1) is 6.04 Å². The molecule has 6 aromatic rings. The van der Waals surface area contributed by atoms with Crippen LogP contribution in [0.4, 0.5) is 0 Å². The summed E-state index contributed by atoms with van der Waals surface area (Å²) in [7, 11) is 0. The highest BCUT2D eigenvalue weighted by atomic mass is 15.0. The summed E-state index contributed by atoms with van der Waals surface area (Å²) in [6.45, 7) is 4.18. The second-order valence-electron chi connectivity index (χ2n) is 14.2. The van der Waals surface area contributed by atoms with Crippen LogP contribution in [-0.4, -0.2) is 10.8 Å². The molecule has 3 nitrogen and oxygen atoms in total. The van der Waals surface area contributed by atoms with Gasteiger partial charge in [0.1, 0.15) is 5.84 Å². The van der Waals surface area contributed by atoms with Crippen molar-refractivity contribution in [3.8, 4) is 0 Å². The van der Waals surface area contributed by atoms with Crippen molar-refractivity contribution in [1.29, 1.82) is 0 Å². The van der Waals surface area contributed by atoms with Gasteiger partial charge >= 0.3 is 0 Å². The molecule has 0 spiro atoms. The van der Waals surface area contributed by atoms with Crippen molar-refractivity contribution < 1.29 is 0 Å². The number of nitrogens with one attached hydrogen (secondary N) is 1. The van der Waals surface area contributed by atoms with Crippen LogP contribution in [-0.2, 0) is 0 Å². The highest BCUT2D eigenvalue weighted by Crippen LogP contribution is 2.36. The molecule has 1 aromatic heterocycles. The summed E-state index contributed by atoms with van der Waals surface area (Å²) in [4.78, 5) is 10.1. The predicted molar refractivity (Wildman–Crippen MR) is 218 cm³/mol. The van der Waals surface area contributed by atoms with Gasteiger partial charge in [-0.25, -0.2) is 0 Å². The number of pyridine rings is 1. The van der Waals surface area contributed by atoms with Crippen molar-refractivity contribution in [3.63, 3.8) is 0 Å². The van der Waals surface area contributed by atoms with Crippen molar-refractivity contribution in [1.82, 2.24) is 10.3 Å². The molecule has 252 valence electrons. The number of benzene rings is 5. The molecule has 3 aliphatic rings. The molecule has 9 rings (SSSR count). The summed E-state index contributed by atoms with van der Waals surface area (Å²) < 4.78 is 0. The quantitative estimate of drug-likeness (QED) is 0.191. The highest BCUT2D eigenvalue weighted by molar-refractivity contribution is 6.05. The maximum atomic E-state index is 5.39. The summed E-state index contributed by atoms with van der Waals surface area (Å²) in [6.07, 6.45) is 14.7. The Labute approximate surface area is 305 Å². The average molecular weight is 672 g/mol. The lowest BCUT2D eigenvalue weighted by atomic mass is 9.84. The third kappa shape index (κ3) is 6.24. The third-order valence-corrected chi connectivity index (χ3v) is 10.8. The van der Waals surface area contributed by atoms with Crippen LogP contribution in [0.1, 0.15) is 76.0 Å². The Morgan fingerprint density at radius 3 is 2.19 bits per heavy atom. The number of aromatic nitrogens is 1. The fraction of sp³-hybridized carbons (Fsp3) is 0.143. The van der Waals surface area contributed by atoms with E-state index in [1.807, 2.05) is 0 Å². The molecule has 0 bridgehead atoms. The topological polar surface area (TPSA) is 37.3 Å². The van der Waals surface area contributed by atoms with E-state index in [1.165, 1.54) is 54.6 Å². The van der Waals surface area contributed by atoms with Crippen LogP contribution in [0, 0.1) is 13.8 Å². The maximum absolute atomic E-state index is 5.39. The van der Waals surface area contributed by atoms with E-state index in [0.717, 1.165) is 53.3 Å². The third-order valence-electron chi connectivity index (χ3n) is 10.8. The Bertz CT molecular complexity index is 2590. The van der Waals surface area contributed by atoms with Gasteiger partial charge in [-0.2, -0.15) is 0 Å². The van der Waals surface area contributed by atoms with Gasteiger partial charge in [0.15, 0.2) is 0 Å². The SMILES string of the molecule is Cc1ccc(C2=CC=C(c3cc(C4=NC(c5ccccc5)C=C(c5ccccc5)N4)cc(C4C=c5c(ccc6ccccc56)=CC4)c3)CC2)c(C)n1. The molecular weight excluding hydrogens is 631 g/mol. The normalized spacial score (nSPS) is 18.1. The summed E-state index contributed by atoms with van der Waals surface area (Å²) >= 11 is 0. The minimum Gasteiger partial charge on any atom is -0.340 e. The number of aliphatic imine (C=N–C) groups is 1. The molecule has 2 unspecified atom stereocenters. The first-order valence-corrected chi connectivity index (χ1v) is 18.4. The van der Waals surface area contributed by atoms with Crippen LogP contribution in [0.5, 0.6) is 0 Å². The van der Waals surface area contributed by atoms with Gasteiger partial charge in [-0.05, 0) is 118 Å². The minimum absolute atomic E-state index is 0.0988. The number of fused-ring (bicyclic) bond motifs is 3. The summed E-state index contributed by atoms with van der Waals surface area (Å²) in [6, 6.07) is 45.9. The zero-order valence-corrected chi connectivity index (χ0v) is 29.7. The first-order valence-electron chi connectivity index (χ1n) is 18.4. The second-order valence-corrected chi connectivity index (χ2v) is 14.2. The van der Waals surface area contributed by atoms with Gasteiger partial charge in [0, 0.05) is 28.6 Å². The maximum Gasteiger partial charge on any atom is 0.133 e. The molecule has 2 atom stereocenters. The van der Waals surface area contributed by atoms with E-state index in [-0.39, 0.29) is 12.0 Å². The number of allylic oxidation sites excluding steroid dienone is 4. The first kappa shape index (κ1) is 31.9. The molecule has 0 radical (unpaired) electrons. The molecule has 1 aliphatic heterocycles. The zero-order chi connectivity index (χ0) is 35.0. The monoisotopic (exact) mass is 671 g/mol. The number of hydrogen-bond acceptors (Lipinski definition) is 3. The Morgan fingerprint density at radius 1 is 0.635 bits per heavy atom. The Kier molecular flexibility index (Phi) is 8.33. The molecule has 3 heteroatoms. The average Bonchev–Trinajstić information content (AvgIpc) is 3.21. The van der Waals surface area contributed by atoms with Gasteiger partial charge in [0.25, 0.3) is 0 Å². The number of nitrogens with zero attached hydrogens (tertiary/aromatic N) is 2. The van der Waals surface area contributed by atoms with Gasteiger partial charge in [0.2, 0.25) is 0 Å². The highest BCUT2D eigenvalue weighted by Gasteiger charge is 2.23. The van der Waals surface area contributed by atoms with Crippen LogP contribution in [0.3, 0.4) is 0 Å². The van der Waals surface area contributed by atoms with E-state index >= 15 is 0 Å². The van der Waals surface area contributed by atoms with Crippen LogP contribution in [0.15, 0.2) is 151 Å². The molecule has 5 aromatic carbocycles. The number of hydrogen-bond donors (Lipinski definition) is 1. The standard InChI is InChI=1S/C49H41N3/c1-32-17-26-44(33(2)50-32)36-20-18-34(19-21-36)41-27-42(40-25-24-37-23-22-35-11-9-10-16-45(35)46(37)30-40)29-43(28-41)49-51-47(38-12-5-3-6-13-38)31-48(52-49)39-14-7-4-8-15-39/h3-18,20,22-24,26-31,40,47H,19,21,25H2,1-2H3,(H,51,52). The van der Waals surface area contributed by atoms with Gasteiger partial charge in [-0.1, -0.05) is 133 Å². The smallest absolute Gasteiger partial charge is 0.133 e. The Hall–Kier alpha value is -6.06. The summed E-state index contributed by atoms with van der Waals surface area (Å²) in [5.41, 5.74) is 13.2. The van der Waals surface area contributed by atoms with Crippen molar-refractivity contribution in [3.05, 3.63) is 201 Å². The fourth-order valence-electron chi connectivity index (χ4n) is 8.04. The van der Waals surface area contributed by atoms with Crippen molar-refractivity contribution in [2.45, 2.75) is 45.1 Å². The molecule has 0 saturated heterocycles. The minimum atomic E-state index is -0.0988. The number of aryl methyl sites for hydroxylation is 2. The molecule has 2 heterocycles. The molecule has 2 aliphatic carbocycles. The van der Waals surface area contributed by atoms with E-state index < -0.39 is 0 Å². The Morgan fingerprint density at radius 2 is 1.38 bits per heavy atom. The molecule has 52 heavy (non-hydrogen) atoms. The van der Waals surface area contributed by atoms with E-state index in [1.54, 1.807) is 0 Å². The van der Waals surface area contributed by atoms with Gasteiger partial charge < -0.3 is 5.32 Å². The summed E-state index contributed by atoms with van der Waals surface area (Å²) in [5.74, 6) is 1.14. The number of amidine groups is 1. The van der Waals surface area contributed by atoms with Crippen LogP contribution in [0.25, 0.3) is 39.8 Å². The van der Waals surface area contributed by atoms with Crippen LogP contribution in [0.2, 0.25) is 0 Å². The van der Waals surface area contributed by atoms with Gasteiger partial charge in [-0.3, -0.25) is 9.98 Å². The van der Waals surface area contributed by atoms with E-state index in [2.05, 4.69) is 177 Å². The van der Waals surface area contributed by atoms with Crippen molar-refractivity contribution >= 4 is 45.6 Å². The van der Waals surface area contributed by atoms with Gasteiger partial charge in [-0.15, -0.1) is 0 Å². The molecule has 0 saturated carbocycles. The molecule has 0 amide bonds. The van der Waals surface area contributed by atoms with E-state index in [9.17, 15) is 0 Å². The van der Waals surface area contributed by atoms with E-state index in [0.29, 0.717) is 0 Å². The zero-order valence-electron chi connectivity index (χ0n) is 29.7. The lowest BCUT2D eigenvalue weighted by Crippen LogP contribution is -2.29. The fourth-order valence-corrected chi connectivity index (χ4v) is 8.04. The lowest BCUT2D eigenvalue weighted by molar-refractivity contribution is 0.878. The molecular formula is C49H41N3. The Balaban J connectivity index is 1.18. The van der Waals surface area contributed by atoms with Crippen molar-refractivity contribution in [2.24, 2.45) is 4.99 Å². The lowest BCUT2D eigenvalue weighted by Gasteiger charge is -2.25. The van der Waals surface area contributed by atoms with Crippen LogP contribution < -0.4 is 15.8 Å². The van der Waals surface area contributed by atoms with Crippen molar-refractivity contribution in [2.75, 3.05) is 0 Å². The van der Waals surface area contributed by atoms with E-state index in [4.69, 9.17) is 9.98 Å². The summed E-state index contributed by atoms with van der Waals surface area (Å²) in [5, 5.41) is 9.03. The molecule has 1 N–H and O–H groups in total. The number of rotatable bonds is 6. The predicted octanol–water partition coefficient (Wildman–Crippen LogP) is 9.99. The first-order chi connectivity index (χ1) is 25.6. The largest absolute Gasteiger partial charge is 0.340 e. The molecule has 0 fully saturated rings. The van der Waals surface area contributed by atoms with Crippen LogP contribution >= 0.6 is 0 Å².